The van der Waals surface area contributed by atoms with Gasteiger partial charge in [-0.2, -0.15) is 5.21 Å². The van der Waals surface area contributed by atoms with Gasteiger partial charge in [0.25, 0.3) is 0 Å². The second kappa shape index (κ2) is 10.5. The number of tetrazole rings is 1. The summed E-state index contributed by atoms with van der Waals surface area (Å²) in [6.45, 7) is 4.70. The zero-order valence-corrected chi connectivity index (χ0v) is 20.6. The van der Waals surface area contributed by atoms with Gasteiger partial charge in [0.15, 0.2) is 0 Å². The molecule has 0 radical (unpaired) electrons. The Morgan fingerprint density at radius 3 is 2.47 bits per heavy atom. The van der Waals surface area contributed by atoms with E-state index in [0.29, 0.717) is 12.4 Å². The van der Waals surface area contributed by atoms with Gasteiger partial charge >= 0.3 is 5.69 Å². The van der Waals surface area contributed by atoms with Crippen LogP contribution in [0.5, 0.6) is 0 Å². The molecule has 1 N–H and O–H groups in total. The fourth-order valence-corrected chi connectivity index (χ4v) is 4.52. The quantitative estimate of drug-likeness (QED) is 0.327. The van der Waals surface area contributed by atoms with Crippen molar-refractivity contribution >= 4 is 0 Å². The Balaban J connectivity index is 1.48. The molecule has 5 aromatic rings. The lowest BCUT2D eigenvalue weighted by atomic mass is 10.0. The van der Waals surface area contributed by atoms with Gasteiger partial charge < -0.3 is 0 Å². The molecule has 0 atom stereocenters. The number of nitrogens with one attached hydrogen (secondary N) is 1. The van der Waals surface area contributed by atoms with Gasteiger partial charge in [-0.05, 0) is 47.7 Å². The van der Waals surface area contributed by atoms with Crippen LogP contribution in [-0.4, -0.2) is 34.7 Å². The van der Waals surface area contributed by atoms with Crippen LogP contribution in [0.25, 0.3) is 28.2 Å². The number of aromatic amines is 1. The average molecular weight is 480 g/mol. The lowest BCUT2D eigenvalue weighted by Gasteiger charge is -2.09. The lowest BCUT2D eigenvalue weighted by Crippen LogP contribution is -2.25. The summed E-state index contributed by atoms with van der Waals surface area (Å²) in [7, 11) is 0. The van der Waals surface area contributed by atoms with E-state index >= 15 is 0 Å². The first-order chi connectivity index (χ1) is 17.7. The molecule has 0 saturated carbocycles. The van der Waals surface area contributed by atoms with Gasteiger partial charge in [-0.15, -0.1) is 10.2 Å². The highest BCUT2D eigenvalue weighted by Gasteiger charge is 2.16. The van der Waals surface area contributed by atoms with Crippen LogP contribution in [0.2, 0.25) is 0 Å². The molecule has 5 rings (SSSR count). The van der Waals surface area contributed by atoms with Crippen molar-refractivity contribution in [3.8, 4) is 28.2 Å². The summed E-state index contributed by atoms with van der Waals surface area (Å²) < 4.78 is 3.65. The number of hydrogen-bond donors (Lipinski definition) is 1. The second-order valence-corrected chi connectivity index (χ2v) is 8.76. The predicted molar refractivity (Wildman–Crippen MR) is 140 cm³/mol. The number of pyridine rings is 1. The van der Waals surface area contributed by atoms with Crippen molar-refractivity contribution in [1.82, 2.24) is 34.7 Å². The molecule has 0 aliphatic rings. The maximum atomic E-state index is 13.6. The van der Waals surface area contributed by atoms with Gasteiger partial charge in [0.05, 0.1) is 17.9 Å². The van der Waals surface area contributed by atoms with Crippen molar-refractivity contribution in [3.05, 3.63) is 100 Å². The van der Waals surface area contributed by atoms with Crippen molar-refractivity contribution in [2.75, 3.05) is 0 Å². The number of imidazole rings is 1. The third-order valence-corrected chi connectivity index (χ3v) is 6.45. The minimum atomic E-state index is -0.0321. The first-order valence-corrected chi connectivity index (χ1v) is 12.4. The average Bonchev–Trinajstić information content (AvgIpc) is 3.57. The van der Waals surface area contributed by atoms with Gasteiger partial charge in [0.1, 0.15) is 0 Å². The predicted octanol–water partition coefficient (Wildman–Crippen LogP) is 4.83. The van der Waals surface area contributed by atoms with Crippen LogP contribution in [-0.2, 0) is 19.4 Å². The zero-order chi connectivity index (χ0) is 24.9. The Morgan fingerprint density at radius 1 is 0.944 bits per heavy atom. The summed E-state index contributed by atoms with van der Waals surface area (Å²) >= 11 is 0. The van der Waals surface area contributed by atoms with E-state index in [1.54, 1.807) is 4.57 Å². The molecule has 2 aromatic carbocycles. The first-order valence-electron chi connectivity index (χ1n) is 12.4. The van der Waals surface area contributed by atoms with Crippen LogP contribution in [0.3, 0.4) is 0 Å². The largest absolute Gasteiger partial charge is 0.333 e. The Bertz CT molecular complexity index is 1500. The van der Waals surface area contributed by atoms with Gasteiger partial charge in [-0.3, -0.25) is 14.1 Å². The van der Waals surface area contributed by atoms with Crippen molar-refractivity contribution < 1.29 is 0 Å². The van der Waals surface area contributed by atoms with Crippen molar-refractivity contribution in [2.45, 2.75) is 46.1 Å². The highest BCUT2D eigenvalue weighted by Crippen LogP contribution is 2.29. The maximum Gasteiger partial charge on any atom is 0.333 e. The molecule has 0 unspecified atom stereocenters. The van der Waals surface area contributed by atoms with E-state index in [-0.39, 0.29) is 5.69 Å². The highest BCUT2D eigenvalue weighted by molar-refractivity contribution is 5.79. The monoisotopic (exact) mass is 479 g/mol. The standard InChI is InChI=1S/C28H29N7O/c1-3-5-11-23-19-35(26-14-9-6-10-20(26)4-2)28(36)34(23)18-22-16-15-21(17-29-22)24-12-7-8-13-25(24)27-30-32-33-31-27/h6-10,12-17,19H,3-5,11,18H2,1-2H3,(H,30,31,32,33). The number of benzene rings is 2. The molecule has 3 aromatic heterocycles. The fourth-order valence-electron chi connectivity index (χ4n) is 4.52. The highest BCUT2D eigenvalue weighted by atomic mass is 16.1. The van der Waals surface area contributed by atoms with Crippen LogP contribution in [0, 0.1) is 0 Å². The van der Waals surface area contributed by atoms with Crippen molar-refractivity contribution in [3.63, 3.8) is 0 Å². The topological polar surface area (TPSA) is 94.3 Å². The van der Waals surface area contributed by atoms with Gasteiger partial charge in [-0.1, -0.05) is 68.8 Å². The third kappa shape index (κ3) is 4.62. The Hall–Kier alpha value is -4.33. The van der Waals surface area contributed by atoms with E-state index in [1.165, 1.54) is 0 Å². The molecule has 0 aliphatic heterocycles. The number of hydrogen-bond acceptors (Lipinski definition) is 5. The van der Waals surface area contributed by atoms with Crippen LogP contribution in [0.1, 0.15) is 43.6 Å². The number of nitrogens with zero attached hydrogens (tertiary/aromatic N) is 6. The van der Waals surface area contributed by atoms with Crippen LogP contribution in [0.4, 0.5) is 0 Å². The SMILES string of the molecule is CCCCc1cn(-c2ccccc2CC)c(=O)n1Cc1ccc(-c2ccccc2-c2nn[nH]n2)cn1. The molecule has 0 saturated heterocycles. The Labute approximate surface area is 209 Å². The molecule has 36 heavy (non-hydrogen) atoms. The maximum absolute atomic E-state index is 13.6. The normalized spacial score (nSPS) is 11.2. The Morgan fingerprint density at radius 2 is 1.75 bits per heavy atom. The fraction of sp³-hybridized carbons (Fsp3) is 0.250. The molecule has 3 heterocycles. The lowest BCUT2D eigenvalue weighted by molar-refractivity contribution is 0.664. The third-order valence-electron chi connectivity index (χ3n) is 6.45. The van der Waals surface area contributed by atoms with E-state index in [2.05, 4.69) is 40.5 Å². The zero-order valence-electron chi connectivity index (χ0n) is 20.6. The number of rotatable bonds is 9. The summed E-state index contributed by atoms with van der Waals surface area (Å²) in [5, 5.41) is 14.4. The van der Waals surface area contributed by atoms with Crippen LogP contribution in [0.15, 0.2) is 77.9 Å². The van der Waals surface area contributed by atoms with E-state index in [9.17, 15) is 4.79 Å². The minimum Gasteiger partial charge on any atom is -0.290 e. The number of aromatic nitrogens is 7. The molecule has 0 aliphatic carbocycles. The van der Waals surface area contributed by atoms with Crippen LogP contribution < -0.4 is 5.69 Å². The molecule has 0 spiro atoms. The molecular formula is C28H29N7O. The van der Waals surface area contributed by atoms with E-state index in [0.717, 1.165) is 65.0 Å². The summed E-state index contributed by atoms with van der Waals surface area (Å²) in [6, 6.07) is 20.0. The number of H-pyrrole nitrogens is 1. The molecule has 8 nitrogen and oxygen atoms in total. The molecule has 0 bridgehead atoms. The van der Waals surface area contributed by atoms with Gasteiger partial charge in [0.2, 0.25) is 5.82 Å². The first kappa shape index (κ1) is 23.4. The number of unbranched alkanes of at least 4 members (excludes halogenated alkanes) is 1. The minimum absolute atomic E-state index is 0.0321. The molecular weight excluding hydrogens is 450 g/mol. The van der Waals surface area contributed by atoms with Gasteiger partial charge in [-0.25, -0.2) is 4.79 Å². The van der Waals surface area contributed by atoms with Crippen molar-refractivity contribution in [1.29, 1.82) is 0 Å². The summed E-state index contributed by atoms with van der Waals surface area (Å²) in [5.41, 5.74) is 6.73. The second-order valence-electron chi connectivity index (χ2n) is 8.76. The smallest absolute Gasteiger partial charge is 0.290 e. The van der Waals surface area contributed by atoms with E-state index in [1.807, 2.05) is 71.6 Å². The molecule has 0 amide bonds. The number of aryl methyl sites for hydroxylation is 2. The van der Waals surface area contributed by atoms with Crippen LogP contribution >= 0.6 is 0 Å². The Kier molecular flexibility index (Phi) is 6.84. The molecule has 0 fully saturated rings. The van der Waals surface area contributed by atoms with Crippen molar-refractivity contribution in [2.24, 2.45) is 0 Å². The summed E-state index contributed by atoms with van der Waals surface area (Å²) in [4.78, 5) is 18.3. The molecule has 8 heteroatoms. The van der Waals surface area contributed by atoms with E-state index in [4.69, 9.17) is 4.98 Å². The summed E-state index contributed by atoms with van der Waals surface area (Å²) in [6.07, 6.45) is 7.65. The van der Waals surface area contributed by atoms with E-state index < -0.39 is 0 Å². The molecule has 182 valence electrons. The van der Waals surface area contributed by atoms with Gasteiger partial charge in [0, 0.05) is 29.2 Å². The summed E-state index contributed by atoms with van der Waals surface area (Å²) in [5.74, 6) is 0.537. The number of para-hydroxylation sites is 1.